The van der Waals surface area contributed by atoms with Crippen molar-refractivity contribution in [1.29, 1.82) is 0 Å². The number of likely N-dealkylation sites (tertiary alicyclic amines) is 1. The van der Waals surface area contributed by atoms with Crippen LogP contribution in [0, 0.1) is 5.92 Å². The molecule has 0 aromatic heterocycles. The molecule has 3 N–H and O–H groups in total. The average molecular weight is 277 g/mol. The molecular formula is C15H23N3O2. The van der Waals surface area contributed by atoms with Crippen molar-refractivity contribution < 1.29 is 9.53 Å². The zero-order valence-electron chi connectivity index (χ0n) is 12.3. The van der Waals surface area contributed by atoms with Crippen LogP contribution in [0.15, 0.2) is 18.2 Å². The Hall–Kier alpha value is -1.75. The summed E-state index contributed by atoms with van der Waals surface area (Å²) in [7, 11) is 1.56. The van der Waals surface area contributed by atoms with Crippen LogP contribution in [-0.2, 0) is 4.79 Å². The normalized spacial score (nSPS) is 22.8. The van der Waals surface area contributed by atoms with Crippen molar-refractivity contribution in [3.8, 4) is 5.75 Å². The second-order valence-electron chi connectivity index (χ2n) is 5.63. The lowest BCUT2D eigenvalue weighted by atomic mass is 10.1. The molecule has 2 rings (SSSR count). The number of hydrogen-bond donors (Lipinski definition) is 2. The lowest BCUT2D eigenvalue weighted by Crippen LogP contribution is -2.35. The maximum atomic E-state index is 12.1. The topological polar surface area (TPSA) is 67.6 Å². The molecular weight excluding hydrogens is 254 g/mol. The highest BCUT2D eigenvalue weighted by Gasteiger charge is 2.27. The number of nitrogen functional groups attached to an aromatic ring is 1. The summed E-state index contributed by atoms with van der Waals surface area (Å²) in [4.78, 5) is 14.3. The third-order valence-corrected chi connectivity index (χ3v) is 3.76. The van der Waals surface area contributed by atoms with Gasteiger partial charge in [0.05, 0.1) is 19.3 Å². The maximum absolute atomic E-state index is 12.1. The van der Waals surface area contributed by atoms with Gasteiger partial charge in [0.25, 0.3) is 0 Å². The first-order valence-electron chi connectivity index (χ1n) is 6.97. The Morgan fingerprint density at radius 3 is 2.85 bits per heavy atom. The molecule has 2 atom stereocenters. The summed E-state index contributed by atoms with van der Waals surface area (Å²) in [6.45, 7) is 5.78. The molecule has 0 aliphatic carbocycles. The fraction of sp³-hybridized carbons (Fsp3) is 0.533. The van der Waals surface area contributed by atoms with Crippen LogP contribution in [0.3, 0.4) is 0 Å². The minimum absolute atomic E-state index is 0.0194. The molecule has 2 unspecified atom stereocenters. The second kappa shape index (κ2) is 6.13. The van der Waals surface area contributed by atoms with Crippen LogP contribution in [0.4, 0.5) is 11.4 Å². The van der Waals surface area contributed by atoms with Crippen molar-refractivity contribution in [3.63, 3.8) is 0 Å². The number of ether oxygens (including phenoxy) is 1. The number of nitrogens with two attached hydrogens (primary N) is 1. The summed E-state index contributed by atoms with van der Waals surface area (Å²) in [5.74, 6) is 1.22. The predicted octanol–water partition coefficient (Wildman–Crippen LogP) is 1.95. The Morgan fingerprint density at radius 2 is 2.25 bits per heavy atom. The van der Waals surface area contributed by atoms with Crippen molar-refractivity contribution >= 4 is 17.3 Å². The Balaban J connectivity index is 1.98. The van der Waals surface area contributed by atoms with Crippen LogP contribution in [0.2, 0.25) is 0 Å². The molecule has 1 aromatic rings. The van der Waals surface area contributed by atoms with Crippen molar-refractivity contribution in [2.45, 2.75) is 26.3 Å². The van der Waals surface area contributed by atoms with Crippen molar-refractivity contribution in [3.05, 3.63) is 18.2 Å². The van der Waals surface area contributed by atoms with Crippen LogP contribution >= 0.6 is 0 Å². The fourth-order valence-electron chi connectivity index (χ4n) is 2.79. The van der Waals surface area contributed by atoms with Gasteiger partial charge in [-0.3, -0.25) is 9.69 Å². The van der Waals surface area contributed by atoms with Gasteiger partial charge < -0.3 is 15.8 Å². The van der Waals surface area contributed by atoms with Crippen LogP contribution < -0.4 is 15.8 Å². The van der Waals surface area contributed by atoms with E-state index in [2.05, 4.69) is 24.1 Å². The zero-order valence-corrected chi connectivity index (χ0v) is 12.3. The highest BCUT2D eigenvalue weighted by atomic mass is 16.5. The highest BCUT2D eigenvalue weighted by molar-refractivity contribution is 5.94. The van der Waals surface area contributed by atoms with E-state index in [1.807, 2.05) is 0 Å². The number of hydrogen-bond acceptors (Lipinski definition) is 4. The predicted molar refractivity (Wildman–Crippen MR) is 80.9 cm³/mol. The molecule has 0 saturated carbocycles. The maximum Gasteiger partial charge on any atom is 0.238 e. The highest BCUT2D eigenvalue weighted by Crippen LogP contribution is 2.27. The van der Waals surface area contributed by atoms with Gasteiger partial charge >= 0.3 is 0 Å². The zero-order chi connectivity index (χ0) is 14.7. The molecule has 5 nitrogen and oxygen atoms in total. The SMILES string of the molecule is COc1cc(N)ccc1NC(=O)CN1CC(C)CC1C. The fourth-order valence-corrected chi connectivity index (χ4v) is 2.79. The summed E-state index contributed by atoms with van der Waals surface area (Å²) >= 11 is 0. The Bertz CT molecular complexity index is 490. The van der Waals surface area contributed by atoms with Crippen LogP contribution in [0.1, 0.15) is 20.3 Å². The number of rotatable bonds is 4. The van der Waals surface area contributed by atoms with Gasteiger partial charge in [-0.25, -0.2) is 0 Å². The van der Waals surface area contributed by atoms with Gasteiger partial charge in [-0.2, -0.15) is 0 Å². The molecule has 0 radical (unpaired) electrons. The smallest absolute Gasteiger partial charge is 0.238 e. The monoisotopic (exact) mass is 277 g/mol. The van der Waals surface area contributed by atoms with E-state index >= 15 is 0 Å². The first-order chi connectivity index (χ1) is 9.49. The molecule has 0 spiro atoms. The molecule has 1 aliphatic rings. The van der Waals surface area contributed by atoms with Gasteiger partial charge in [0, 0.05) is 24.3 Å². The lowest BCUT2D eigenvalue weighted by molar-refractivity contribution is -0.117. The molecule has 1 aromatic carbocycles. The van der Waals surface area contributed by atoms with E-state index in [-0.39, 0.29) is 5.91 Å². The molecule has 1 amide bonds. The summed E-state index contributed by atoms with van der Waals surface area (Å²) in [6.07, 6.45) is 1.15. The summed E-state index contributed by atoms with van der Waals surface area (Å²) in [5, 5.41) is 2.89. The molecule has 1 aliphatic heterocycles. The number of carbonyl (C=O) groups is 1. The van der Waals surface area contributed by atoms with Crippen molar-refractivity contribution in [2.24, 2.45) is 5.92 Å². The van der Waals surface area contributed by atoms with Gasteiger partial charge in [0.15, 0.2) is 0 Å². The quantitative estimate of drug-likeness (QED) is 0.825. The van der Waals surface area contributed by atoms with Gasteiger partial charge in [-0.15, -0.1) is 0 Å². The standard InChI is InChI=1S/C15H23N3O2/c1-10-6-11(2)18(8-10)9-15(19)17-13-5-4-12(16)7-14(13)20-3/h4-5,7,10-11H,6,8-9,16H2,1-3H3,(H,17,19). The van der Waals surface area contributed by atoms with Crippen LogP contribution in [-0.4, -0.2) is 37.0 Å². The van der Waals surface area contributed by atoms with Crippen LogP contribution in [0.25, 0.3) is 0 Å². The first kappa shape index (κ1) is 14.7. The van der Waals surface area contributed by atoms with E-state index in [4.69, 9.17) is 10.5 Å². The molecule has 110 valence electrons. The molecule has 20 heavy (non-hydrogen) atoms. The minimum atomic E-state index is -0.0194. The number of carbonyl (C=O) groups excluding carboxylic acids is 1. The third kappa shape index (κ3) is 3.42. The molecule has 1 fully saturated rings. The number of methoxy groups -OCH3 is 1. The van der Waals surface area contributed by atoms with E-state index < -0.39 is 0 Å². The summed E-state index contributed by atoms with van der Waals surface area (Å²) in [6, 6.07) is 5.68. The second-order valence-corrected chi connectivity index (χ2v) is 5.63. The van der Waals surface area contributed by atoms with Gasteiger partial charge in [-0.05, 0) is 31.4 Å². The van der Waals surface area contributed by atoms with E-state index in [1.54, 1.807) is 25.3 Å². The molecule has 1 saturated heterocycles. The van der Waals surface area contributed by atoms with E-state index in [0.717, 1.165) is 13.0 Å². The lowest BCUT2D eigenvalue weighted by Gasteiger charge is -2.20. The largest absolute Gasteiger partial charge is 0.494 e. The number of amides is 1. The number of nitrogens with zero attached hydrogens (tertiary/aromatic N) is 1. The van der Waals surface area contributed by atoms with Crippen molar-refractivity contribution in [1.82, 2.24) is 4.90 Å². The third-order valence-electron chi connectivity index (χ3n) is 3.76. The van der Waals surface area contributed by atoms with E-state index in [9.17, 15) is 4.79 Å². The van der Waals surface area contributed by atoms with Crippen LogP contribution in [0.5, 0.6) is 5.75 Å². The molecule has 5 heteroatoms. The Kier molecular flexibility index (Phi) is 4.49. The van der Waals surface area contributed by atoms with Gasteiger partial charge in [-0.1, -0.05) is 6.92 Å². The Labute approximate surface area is 120 Å². The van der Waals surface area contributed by atoms with Crippen molar-refractivity contribution in [2.75, 3.05) is 31.2 Å². The first-order valence-corrected chi connectivity index (χ1v) is 6.97. The Morgan fingerprint density at radius 1 is 1.50 bits per heavy atom. The average Bonchev–Trinajstić information content (AvgIpc) is 2.70. The van der Waals surface area contributed by atoms with Gasteiger partial charge in [0.1, 0.15) is 5.75 Å². The summed E-state index contributed by atoms with van der Waals surface area (Å²) in [5.41, 5.74) is 6.97. The van der Waals surface area contributed by atoms with E-state index in [0.29, 0.717) is 35.6 Å². The van der Waals surface area contributed by atoms with E-state index in [1.165, 1.54) is 0 Å². The minimum Gasteiger partial charge on any atom is -0.494 e. The number of nitrogens with one attached hydrogen (secondary N) is 1. The summed E-state index contributed by atoms with van der Waals surface area (Å²) < 4.78 is 5.23. The number of anilines is 2. The molecule has 0 bridgehead atoms. The number of benzene rings is 1. The molecule has 1 heterocycles. The van der Waals surface area contributed by atoms with Gasteiger partial charge in [0.2, 0.25) is 5.91 Å².